The molecular formula is C15H19FO2. The molecule has 1 N–H and O–H groups in total. The van der Waals surface area contributed by atoms with E-state index in [9.17, 15) is 14.3 Å². The third kappa shape index (κ3) is 2.71. The maximum absolute atomic E-state index is 13.5. The molecule has 1 aromatic carbocycles. The first-order valence-electron chi connectivity index (χ1n) is 6.47. The summed E-state index contributed by atoms with van der Waals surface area (Å²) in [5.74, 6) is -0.946. The molecule has 18 heavy (non-hydrogen) atoms. The van der Waals surface area contributed by atoms with E-state index in [4.69, 9.17) is 0 Å². The number of hydrogen-bond acceptors (Lipinski definition) is 1. The molecule has 3 heteroatoms. The Kier molecular flexibility index (Phi) is 3.69. The van der Waals surface area contributed by atoms with Crippen molar-refractivity contribution in [2.75, 3.05) is 0 Å². The van der Waals surface area contributed by atoms with E-state index in [2.05, 4.69) is 6.92 Å². The lowest BCUT2D eigenvalue weighted by Gasteiger charge is -2.32. The van der Waals surface area contributed by atoms with Crippen LogP contribution in [-0.4, -0.2) is 11.1 Å². The molecule has 3 atom stereocenters. The molecule has 0 saturated heterocycles. The highest BCUT2D eigenvalue weighted by Crippen LogP contribution is 2.41. The van der Waals surface area contributed by atoms with E-state index in [1.807, 2.05) is 13.0 Å². The van der Waals surface area contributed by atoms with Crippen LogP contribution in [0.1, 0.15) is 43.2 Å². The van der Waals surface area contributed by atoms with Gasteiger partial charge < -0.3 is 5.11 Å². The molecule has 0 heterocycles. The number of benzene rings is 1. The number of carbonyl (C=O) groups is 1. The highest BCUT2D eigenvalue weighted by atomic mass is 19.1. The summed E-state index contributed by atoms with van der Waals surface area (Å²) in [5.41, 5.74) is 1.69. The van der Waals surface area contributed by atoms with Gasteiger partial charge in [0.05, 0.1) is 5.92 Å². The Morgan fingerprint density at radius 3 is 2.67 bits per heavy atom. The second kappa shape index (κ2) is 5.09. The van der Waals surface area contributed by atoms with Crippen LogP contribution in [0.3, 0.4) is 0 Å². The van der Waals surface area contributed by atoms with Gasteiger partial charge in [-0.25, -0.2) is 4.39 Å². The van der Waals surface area contributed by atoms with E-state index in [1.165, 1.54) is 12.1 Å². The molecule has 1 aliphatic carbocycles. The zero-order valence-electron chi connectivity index (χ0n) is 10.8. The maximum Gasteiger partial charge on any atom is 0.307 e. The summed E-state index contributed by atoms with van der Waals surface area (Å²) in [6.07, 6.45) is 2.47. The van der Waals surface area contributed by atoms with Crippen molar-refractivity contribution in [3.8, 4) is 0 Å². The zero-order chi connectivity index (χ0) is 13.3. The van der Waals surface area contributed by atoms with Gasteiger partial charge in [0, 0.05) is 0 Å². The Bertz CT molecular complexity index is 436. The first-order chi connectivity index (χ1) is 8.47. The third-order valence-corrected chi connectivity index (χ3v) is 3.92. The number of carboxylic acids is 1. The molecule has 0 amide bonds. The Morgan fingerprint density at radius 1 is 1.33 bits per heavy atom. The minimum Gasteiger partial charge on any atom is -0.481 e. The molecule has 0 aliphatic heterocycles. The molecule has 2 nitrogen and oxygen atoms in total. The lowest BCUT2D eigenvalue weighted by atomic mass is 9.71. The quantitative estimate of drug-likeness (QED) is 0.868. The number of rotatable bonds is 2. The Balaban J connectivity index is 2.34. The summed E-state index contributed by atoms with van der Waals surface area (Å²) in [5, 5.41) is 9.30. The van der Waals surface area contributed by atoms with Crippen LogP contribution in [0.25, 0.3) is 0 Å². The predicted octanol–water partition coefficient (Wildman–Crippen LogP) is 3.74. The zero-order valence-corrected chi connectivity index (χ0v) is 10.8. The Hall–Kier alpha value is -1.38. The largest absolute Gasteiger partial charge is 0.481 e. The van der Waals surface area contributed by atoms with Gasteiger partial charge in [-0.05, 0) is 61.3 Å². The molecule has 0 aromatic heterocycles. The van der Waals surface area contributed by atoms with Crippen LogP contribution in [0, 0.1) is 24.6 Å². The van der Waals surface area contributed by atoms with Gasteiger partial charge in [-0.2, -0.15) is 0 Å². The van der Waals surface area contributed by atoms with Gasteiger partial charge in [0.15, 0.2) is 0 Å². The summed E-state index contributed by atoms with van der Waals surface area (Å²) in [6.45, 7) is 3.98. The highest BCUT2D eigenvalue weighted by molar-refractivity contribution is 5.71. The van der Waals surface area contributed by atoms with Gasteiger partial charge in [-0.15, -0.1) is 0 Å². The molecule has 1 aromatic rings. The smallest absolute Gasteiger partial charge is 0.307 e. The number of carboxylic acid groups (broad SMARTS) is 1. The molecule has 3 unspecified atom stereocenters. The van der Waals surface area contributed by atoms with Gasteiger partial charge in [0.2, 0.25) is 0 Å². The minimum atomic E-state index is -0.756. The third-order valence-electron chi connectivity index (χ3n) is 3.92. The number of halogens is 1. The number of hydrogen-bond donors (Lipinski definition) is 1. The molecule has 0 spiro atoms. The molecule has 1 fully saturated rings. The van der Waals surface area contributed by atoms with Crippen LogP contribution < -0.4 is 0 Å². The monoisotopic (exact) mass is 250 g/mol. The minimum absolute atomic E-state index is 0.0550. The molecular weight excluding hydrogens is 231 g/mol. The molecule has 98 valence electrons. The van der Waals surface area contributed by atoms with E-state index >= 15 is 0 Å². The van der Waals surface area contributed by atoms with E-state index in [0.717, 1.165) is 24.0 Å². The summed E-state index contributed by atoms with van der Waals surface area (Å²) in [4.78, 5) is 11.3. The second-order valence-electron chi connectivity index (χ2n) is 5.53. The average Bonchev–Trinajstić information content (AvgIpc) is 2.27. The van der Waals surface area contributed by atoms with Crippen LogP contribution in [0.4, 0.5) is 4.39 Å². The highest BCUT2D eigenvalue weighted by Gasteiger charge is 2.34. The van der Waals surface area contributed by atoms with Crippen LogP contribution in [0.5, 0.6) is 0 Å². The molecule has 1 saturated carbocycles. The molecule has 1 aliphatic rings. The normalized spacial score (nSPS) is 28.1. The van der Waals surface area contributed by atoms with Crippen molar-refractivity contribution in [3.05, 3.63) is 35.1 Å². The predicted molar refractivity (Wildman–Crippen MR) is 68.0 cm³/mol. The van der Waals surface area contributed by atoms with Crippen LogP contribution in [0.15, 0.2) is 18.2 Å². The fourth-order valence-electron chi connectivity index (χ4n) is 3.02. The van der Waals surface area contributed by atoms with Crippen molar-refractivity contribution in [1.29, 1.82) is 0 Å². The van der Waals surface area contributed by atoms with Gasteiger partial charge in [-0.1, -0.05) is 13.0 Å². The maximum atomic E-state index is 13.5. The summed E-state index contributed by atoms with van der Waals surface area (Å²) >= 11 is 0. The van der Waals surface area contributed by atoms with Crippen molar-refractivity contribution < 1.29 is 14.3 Å². The van der Waals surface area contributed by atoms with Crippen molar-refractivity contribution in [3.63, 3.8) is 0 Å². The van der Waals surface area contributed by atoms with Gasteiger partial charge in [0.1, 0.15) is 5.82 Å². The Morgan fingerprint density at radius 2 is 2.06 bits per heavy atom. The van der Waals surface area contributed by atoms with E-state index in [0.29, 0.717) is 12.3 Å². The number of aliphatic carboxylic acids is 1. The summed E-state index contributed by atoms with van der Waals surface area (Å²) < 4.78 is 13.5. The lowest BCUT2D eigenvalue weighted by molar-refractivity contribution is -0.143. The summed E-state index contributed by atoms with van der Waals surface area (Å²) in [7, 11) is 0. The first-order valence-corrected chi connectivity index (χ1v) is 6.47. The Labute approximate surface area is 107 Å². The molecule has 2 rings (SSSR count). The summed E-state index contributed by atoms with van der Waals surface area (Å²) in [6, 6.07) is 4.89. The van der Waals surface area contributed by atoms with E-state index in [1.54, 1.807) is 0 Å². The fourth-order valence-corrected chi connectivity index (χ4v) is 3.02. The van der Waals surface area contributed by atoms with Crippen molar-refractivity contribution in [2.24, 2.45) is 11.8 Å². The van der Waals surface area contributed by atoms with Gasteiger partial charge in [0.25, 0.3) is 0 Å². The second-order valence-corrected chi connectivity index (χ2v) is 5.53. The van der Waals surface area contributed by atoms with Crippen LogP contribution >= 0.6 is 0 Å². The van der Waals surface area contributed by atoms with Crippen molar-refractivity contribution in [1.82, 2.24) is 0 Å². The average molecular weight is 250 g/mol. The van der Waals surface area contributed by atoms with Crippen LogP contribution in [-0.2, 0) is 4.79 Å². The standard InChI is InChI=1S/C15H19FO2/c1-9-3-4-13(15(17)18)14(7-9)11-5-10(2)6-12(16)8-11/h5-6,8-9,13-14H,3-4,7H2,1-2H3,(H,17,18). The molecule has 0 radical (unpaired) electrons. The van der Waals surface area contributed by atoms with Crippen molar-refractivity contribution in [2.45, 2.75) is 39.0 Å². The van der Waals surface area contributed by atoms with Crippen LogP contribution in [0.2, 0.25) is 0 Å². The lowest BCUT2D eigenvalue weighted by Crippen LogP contribution is -2.28. The molecule has 0 bridgehead atoms. The van der Waals surface area contributed by atoms with Gasteiger partial charge in [-0.3, -0.25) is 4.79 Å². The first kappa shape index (κ1) is 13.1. The fraction of sp³-hybridized carbons (Fsp3) is 0.533. The SMILES string of the molecule is Cc1cc(F)cc(C2CC(C)CCC2C(=O)O)c1. The van der Waals surface area contributed by atoms with Gasteiger partial charge >= 0.3 is 5.97 Å². The van der Waals surface area contributed by atoms with E-state index < -0.39 is 5.97 Å². The van der Waals surface area contributed by atoms with Crippen molar-refractivity contribution >= 4 is 5.97 Å². The van der Waals surface area contributed by atoms with E-state index in [-0.39, 0.29) is 17.7 Å². The topological polar surface area (TPSA) is 37.3 Å². The number of aryl methyl sites for hydroxylation is 1.